The topological polar surface area (TPSA) is 75.6 Å². The molecule has 2 rings (SSSR count). The van der Waals surface area contributed by atoms with E-state index >= 15 is 0 Å². The van der Waals surface area contributed by atoms with Gasteiger partial charge in [-0.15, -0.1) is 0 Å². The first-order valence-electron chi connectivity index (χ1n) is 7.46. The van der Waals surface area contributed by atoms with E-state index in [2.05, 4.69) is 5.32 Å². The van der Waals surface area contributed by atoms with Gasteiger partial charge in [0.1, 0.15) is 0 Å². The molecule has 5 nitrogen and oxygen atoms in total. The van der Waals surface area contributed by atoms with Gasteiger partial charge < -0.3 is 15.2 Å². The second kappa shape index (κ2) is 8.46. The Labute approximate surface area is 130 Å². The van der Waals surface area contributed by atoms with Crippen molar-refractivity contribution in [1.29, 1.82) is 0 Å². The molecule has 0 bridgehead atoms. The van der Waals surface area contributed by atoms with Gasteiger partial charge in [0.15, 0.2) is 11.6 Å². The van der Waals surface area contributed by atoms with Crippen molar-refractivity contribution in [1.82, 2.24) is 5.32 Å². The van der Waals surface area contributed by atoms with Crippen LogP contribution in [0.2, 0.25) is 0 Å². The van der Waals surface area contributed by atoms with Crippen molar-refractivity contribution < 1.29 is 19.4 Å². The summed E-state index contributed by atoms with van der Waals surface area (Å²) in [6.45, 7) is 1.18. The lowest BCUT2D eigenvalue weighted by Gasteiger charge is -2.22. The summed E-state index contributed by atoms with van der Waals surface area (Å²) in [4.78, 5) is 24.3. The Morgan fingerprint density at radius 3 is 2.45 bits per heavy atom. The smallest absolute Gasteiger partial charge is 0.168 e. The number of hydrogen-bond acceptors (Lipinski definition) is 5. The molecule has 1 fully saturated rings. The third-order valence-corrected chi connectivity index (χ3v) is 3.61. The van der Waals surface area contributed by atoms with Gasteiger partial charge in [0.2, 0.25) is 0 Å². The summed E-state index contributed by atoms with van der Waals surface area (Å²) < 4.78 is 5.09. The maximum absolute atomic E-state index is 12.2. The van der Waals surface area contributed by atoms with E-state index in [1.165, 1.54) is 6.20 Å². The van der Waals surface area contributed by atoms with Crippen molar-refractivity contribution in [3.63, 3.8) is 0 Å². The lowest BCUT2D eigenvalue weighted by Crippen LogP contribution is -2.27. The molecule has 1 aromatic carbocycles. The summed E-state index contributed by atoms with van der Waals surface area (Å²) in [5.41, 5.74) is 1.28. The average molecular weight is 303 g/mol. The minimum Gasteiger partial charge on any atom is -0.394 e. The molecule has 0 saturated heterocycles. The fourth-order valence-electron chi connectivity index (χ4n) is 2.49. The molecule has 0 aliphatic heterocycles. The molecule has 1 aromatic rings. The number of ketones is 2. The minimum atomic E-state index is -0.117. The van der Waals surface area contributed by atoms with Crippen LogP contribution in [0.4, 0.5) is 0 Å². The molecular weight excluding hydrogens is 282 g/mol. The summed E-state index contributed by atoms with van der Waals surface area (Å²) in [5.74, 6) is -0.256. The Kier molecular flexibility index (Phi) is 6.30. The van der Waals surface area contributed by atoms with Crippen LogP contribution in [0.15, 0.2) is 42.1 Å². The molecule has 0 atom stereocenters. The highest BCUT2D eigenvalue weighted by atomic mass is 16.5. The van der Waals surface area contributed by atoms with Crippen molar-refractivity contribution >= 4 is 11.6 Å². The van der Waals surface area contributed by atoms with E-state index in [1.807, 2.05) is 30.3 Å². The first kappa shape index (κ1) is 16.4. The summed E-state index contributed by atoms with van der Waals surface area (Å²) in [6.07, 6.45) is 2.22. The number of allylic oxidation sites excluding steroid dienone is 1. The van der Waals surface area contributed by atoms with E-state index in [1.54, 1.807) is 0 Å². The van der Waals surface area contributed by atoms with Crippen LogP contribution in [-0.2, 0) is 14.3 Å². The second-order valence-corrected chi connectivity index (χ2v) is 5.21. The number of carbonyl (C=O) groups excluding carboxylic acids is 2. The molecule has 118 valence electrons. The Morgan fingerprint density at radius 2 is 1.82 bits per heavy atom. The predicted molar refractivity (Wildman–Crippen MR) is 82.4 cm³/mol. The van der Waals surface area contributed by atoms with Gasteiger partial charge in [0.25, 0.3) is 0 Å². The van der Waals surface area contributed by atoms with Gasteiger partial charge in [0, 0.05) is 25.6 Å². The van der Waals surface area contributed by atoms with E-state index in [0.717, 1.165) is 5.56 Å². The van der Waals surface area contributed by atoms with E-state index in [0.29, 0.717) is 26.0 Å². The van der Waals surface area contributed by atoms with Crippen LogP contribution in [0.3, 0.4) is 0 Å². The average Bonchev–Trinajstić information content (AvgIpc) is 2.53. The monoisotopic (exact) mass is 303 g/mol. The van der Waals surface area contributed by atoms with Crippen LogP contribution in [-0.4, -0.2) is 43.0 Å². The largest absolute Gasteiger partial charge is 0.394 e. The number of hydrogen-bond donors (Lipinski definition) is 2. The molecule has 0 aromatic heterocycles. The van der Waals surface area contributed by atoms with Gasteiger partial charge in [-0.05, 0) is 11.5 Å². The molecule has 0 amide bonds. The lowest BCUT2D eigenvalue weighted by molar-refractivity contribution is -0.124. The highest BCUT2D eigenvalue weighted by Gasteiger charge is 2.31. The highest BCUT2D eigenvalue weighted by Crippen LogP contribution is 2.31. The Balaban J connectivity index is 1.88. The molecule has 1 saturated carbocycles. The zero-order valence-corrected chi connectivity index (χ0v) is 12.5. The first-order valence-corrected chi connectivity index (χ1v) is 7.46. The van der Waals surface area contributed by atoms with Crippen molar-refractivity contribution in [2.45, 2.75) is 18.8 Å². The van der Waals surface area contributed by atoms with Crippen LogP contribution in [0.25, 0.3) is 0 Å². The quantitative estimate of drug-likeness (QED) is 0.449. The highest BCUT2D eigenvalue weighted by molar-refractivity contribution is 6.22. The molecule has 0 unspecified atom stereocenters. The third-order valence-electron chi connectivity index (χ3n) is 3.61. The third kappa shape index (κ3) is 4.51. The predicted octanol–water partition coefficient (Wildman–Crippen LogP) is 1.18. The number of ether oxygens (including phenoxy) is 1. The van der Waals surface area contributed by atoms with Gasteiger partial charge in [-0.2, -0.15) is 0 Å². The summed E-state index contributed by atoms with van der Waals surface area (Å²) in [7, 11) is 0. The van der Waals surface area contributed by atoms with Crippen LogP contribution in [0, 0.1) is 0 Å². The molecule has 0 spiro atoms. The van der Waals surface area contributed by atoms with E-state index in [4.69, 9.17) is 9.84 Å². The maximum atomic E-state index is 12.2. The fourth-order valence-corrected chi connectivity index (χ4v) is 2.49. The molecule has 22 heavy (non-hydrogen) atoms. The van der Waals surface area contributed by atoms with Crippen molar-refractivity contribution in [3.8, 4) is 0 Å². The molecule has 2 N–H and O–H groups in total. The van der Waals surface area contributed by atoms with E-state index < -0.39 is 0 Å². The zero-order chi connectivity index (χ0) is 15.8. The Hall–Kier alpha value is -1.98. The number of rotatable bonds is 7. The Morgan fingerprint density at radius 1 is 1.14 bits per heavy atom. The maximum Gasteiger partial charge on any atom is 0.168 e. The van der Waals surface area contributed by atoms with Crippen LogP contribution >= 0.6 is 0 Å². The van der Waals surface area contributed by atoms with Gasteiger partial charge in [-0.3, -0.25) is 9.59 Å². The molecule has 5 heteroatoms. The molecule has 1 aliphatic carbocycles. The molecule has 0 heterocycles. The molecular formula is C17H21NO4. The second-order valence-electron chi connectivity index (χ2n) is 5.21. The zero-order valence-electron chi connectivity index (χ0n) is 12.5. The van der Waals surface area contributed by atoms with Gasteiger partial charge in [-0.25, -0.2) is 0 Å². The van der Waals surface area contributed by atoms with Crippen molar-refractivity contribution in [2.75, 3.05) is 26.4 Å². The summed E-state index contributed by atoms with van der Waals surface area (Å²) >= 11 is 0. The van der Waals surface area contributed by atoms with Crippen LogP contribution < -0.4 is 5.32 Å². The molecule has 0 radical (unpaired) electrons. The van der Waals surface area contributed by atoms with Gasteiger partial charge in [0.05, 0.1) is 25.4 Å². The first-order chi connectivity index (χ1) is 10.7. The number of carbonyl (C=O) groups is 2. The van der Waals surface area contributed by atoms with E-state index in [-0.39, 0.29) is 36.3 Å². The number of Topliss-reactive ketones (excluding diaryl/α,β-unsaturated/α-hetero) is 2. The normalized spacial score (nSPS) is 18.4. The summed E-state index contributed by atoms with van der Waals surface area (Å²) in [5, 5.41) is 11.5. The van der Waals surface area contributed by atoms with Crippen LogP contribution in [0.5, 0.6) is 0 Å². The fraction of sp³-hybridized carbons (Fsp3) is 0.412. The van der Waals surface area contributed by atoms with Gasteiger partial charge >= 0.3 is 0 Å². The standard InChI is InChI=1S/C17H21NO4/c19-7-9-22-8-6-18-12-15-16(20)10-14(11-17(15)21)13-4-2-1-3-5-13/h1-5,12,14,18-19H,6-11H2. The molecule has 1 aliphatic rings. The number of aliphatic hydroxyl groups is 1. The van der Waals surface area contributed by atoms with Crippen molar-refractivity contribution in [3.05, 3.63) is 47.7 Å². The Bertz CT molecular complexity index is 519. The van der Waals surface area contributed by atoms with E-state index in [9.17, 15) is 9.59 Å². The minimum absolute atomic E-state index is 0.0149. The lowest BCUT2D eigenvalue weighted by atomic mass is 9.80. The van der Waals surface area contributed by atoms with Crippen LogP contribution in [0.1, 0.15) is 24.3 Å². The van der Waals surface area contributed by atoms with Gasteiger partial charge in [-0.1, -0.05) is 30.3 Å². The summed E-state index contributed by atoms with van der Waals surface area (Å²) in [6, 6.07) is 9.67. The SMILES string of the molecule is O=C1CC(c2ccccc2)CC(=O)C1=CNCCOCCO. The number of nitrogens with one attached hydrogen (secondary N) is 1. The van der Waals surface area contributed by atoms with Crippen molar-refractivity contribution in [2.24, 2.45) is 0 Å². The number of benzene rings is 1. The number of aliphatic hydroxyl groups excluding tert-OH is 1.